The van der Waals surface area contributed by atoms with E-state index in [0.29, 0.717) is 6.20 Å². The highest BCUT2D eigenvalue weighted by atomic mass is 32.2. The molecular formula is C14H14F2N6O4S. The number of aliphatic hydroxyl groups excluding tert-OH is 1. The standard InChI is InChI=1S/C10H8FN3O3S.C4H6FN3O/c11-8-6-14(10(15)13-9(8)12)18(16,17)7-4-2-1-3-5-7;5-2-1-7-4(9)8-3(2)6/h1-6H,(H2,12,13,15);1,4,7,9H,(H2,6,8). The molecule has 0 spiro atoms. The Labute approximate surface area is 151 Å². The van der Waals surface area contributed by atoms with E-state index in [1.807, 2.05) is 0 Å². The molecule has 2 aromatic rings. The Bertz CT molecular complexity index is 1050. The maximum atomic E-state index is 13.2. The lowest BCUT2D eigenvalue weighted by Crippen LogP contribution is -2.31. The van der Waals surface area contributed by atoms with Gasteiger partial charge in [-0.05, 0) is 12.1 Å². The number of nitrogens with two attached hydrogens (primary N) is 2. The SMILES string of the molecule is NC1=NC(O)NC=C1F.Nc1nc(=O)n(S(=O)(=O)c2ccccc2)cc1F. The smallest absolute Gasteiger partial charge is 0.363 e. The molecule has 2 heterocycles. The van der Waals surface area contributed by atoms with E-state index in [9.17, 15) is 22.0 Å². The number of nitrogens with zero attached hydrogens (tertiary/aromatic N) is 3. The van der Waals surface area contributed by atoms with Crippen molar-refractivity contribution in [2.24, 2.45) is 10.7 Å². The van der Waals surface area contributed by atoms with Crippen LogP contribution in [0, 0.1) is 5.82 Å². The van der Waals surface area contributed by atoms with Crippen LogP contribution in [0.15, 0.2) is 63.2 Å². The third-order valence-corrected chi connectivity index (χ3v) is 4.69. The van der Waals surface area contributed by atoms with Gasteiger partial charge in [0, 0.05) is 6.20 Å². The fourth-order valence-electron chi connectivity index (χ4n) is 1.76. The fraction of sp³-hybridized carbons (Fsp3) is 0.0714. The Balaban J connectivity index is 0.000000244. The number of aliphatic hydroxyl groups is 1. The molecule has 0 saturated carbocycles. The van der Waals surface area contributed by atoms with Gasteiger partial charge >= 0.3 is 5.69 Å². The zero-order valence-corrected chi connectivity index (χ0v) is 14.3. The van der Waals surface area contributed by atoms with Gasteiger partial charge < -0.3 is 21.9 Å². The zero-order chi connectivity index (χ0) is 20.2. The Morgan fingerprint density at radius 3 is 2.37 bits per heavy atom. The van der Waals surface area contributed by atoms with E-state index in [-0.39, 0.29) is 14.7 Å². The topological polar surface area (TPSA) is 166 Å². The molecule has 1 atom stereocenters. The number of halogens is 2. The van der Waals surface area contributed by atoms with E-state index >= 15 is 0 Å². The van der Waals surface area contributed by atoms with Gasteiger partial charge in [0.25, 0.3) is 10.0 Å². The van der Waals surface area contributed by atoms with Crippen LogP contribution in [0.3, 0.4) is 0 Å². The average Bonchev–Trinajstić information content (AvgIpc) is 2.63. The van der Waals surface area contributed by atoms with Gasteiger partial charge in [-0.1, -0.05) is 18.2 Å². The predicted octanol–water partition coefficient (Wildman–Crippen LogP) is -0.765. The van der Waals surface area contributed by atoms with Crippen LogP contribution in [-0.2, 0) is 10.0 Å². The minimum absolute atomic E-state index is 0.141. The van der Waals surface area contributed by atoms with Crippen LogP contribution < -0.4 is 22.5 Å². The molecule has 6 N–H and O–H groups in total. The molecule has 13 heteroatoms. The Morgan fingerprint density at radius 2 is 1.81 bits per heavy atom. The Morgan fingerprint density at radius 1 is 1.19 bits per heavy atom. The van der Waals surface area contributed by atoms with E-state index in [0.717, 1.165) is 6.20 Å². The first-order valence-electron chi connectivity index (χ1n) is 7.11. The predicted molar refractivity (Wildman–Crippen MR) is 91.8 cm³/mol. The lowest BCUT2D eigenvalue weighted by Gasteiger charge is -2.10. The summed E-state index contributed by atoms with van der Waals surface area (Å²) in [6, 6.07) is 7.16. The number of hydrogen-bond donors (Lipinski definition) is 4. The summed E-state index contributed by atoms with van der Waals surface area (Å²) in [7, 11) is -4.16. The molecule has 1 aromatic carbocycles. The largest absolute Gasteiger partial charge is 0.381 e. The number of aromatic nitrogens is 2. The summed E-state index contributed by atoms with van der Waals surface area (Å²) in [6.07, 6.45) is 0.365. The molecule has 1 aliphatic heterocycles. The van der Waals surface area contributed by atoms with Gasteiger partial charge in [-0.3, -0.25) is 0 Å². The highest BCUT2D eigenvalue weighted by Gasteiger charge is 2.20. The summed E-state index contributed by atoms with van der Waals surface area (Å²) >= 11 is 0. The van der Waals surface area contributed by atoms with Gasteiger partial charge in [-0.25, -0.2) is 27.0 Å². The van der Waals surface area contributed by atoms with Crippen molar-refractivity contribution in [1.29, 1.82) is 0 Å². The van der Waals surface area contributed by atoms with Crippen LogP contribution >= 0.6 is 0 Å². The number of hydrogen-bond acceptors (Lipinski definition) is 9. The Hall–Kier alpha value is -3.32. The molecule has 27 heavy (non-hydrogen) atoms. The normalized spacial score (nSPS) is 16.3. The van der Waals surface area contributed by atoms with Crippen LogP contribution in [0.5, 0.6) is 0 Å². The lowest BCUT2D eigenvalue weighted by atomic mass is 10.4. The van der Waals surface area contributed by atoms with Crippen LogP contribution in [-0.4, -0.2) is 34.7 Å². The van der Waals surface area contributed by atoms with E-state index < -0.39 is 39.5 Å². The van der Waals surface area contributed by atoms with Crippen molar-refractivity contribution in [2.75, 3.05) is 5.73 Å². The molecule has 0 fully saturated rings. The van der Waals surface area contributed by atoms with Crippen molar-refractivity contribution < 1.29 is 22.3 Å². The van der Waals surface area contributed by atoms with Gasteiger partial charge in [-0.2, -0.15) is 8.96 Å². The van der Waals surface area contributed by atoms with Crippen molar-refractivity contribution in [2.45, 2.75) is 11.2 Å². The van der Waals surface area contributed by atoms with E-state index in [4.69, 9.17) is 16.6 Å². The quantitative estimate of drug-likeness (QED) is 0.510. The number of rotatable bonds is 2. The third kappa shape index (κ3) is 4.65. The van der Waals surface area contributed by atoms with E-state index in [2.05, 4.69) is 15.3 Å². The van der Waals surface area contributed by atoms with E-state index in [1.165, 1.54) is 24.3 Å². The first-order chi connectivity index (χ1) is 12.6. The lowest BCUT2D eigenvalue weighted by molar-refractivity contribution is 0.160. The number of amidine groups is 1. The molecule has 0 bridgehead atoms. The summed E-state index contributed by atoms with van der Waals surface area (Å²) < 4.78 is 49.7. The second-order valence-electron chi connectivity index (χ2n) is 4.92. The van der Waals surface area contributed by atoms with Crippen molar-refractivity contribution in [3.05, 3.63) is 64.9 Å². The second kappa shape index (κ2) is 7.92. The summed E-state index contributed by atoms with van der Waals surface area (Å²) in [5, 5.41) is 10.8. The first kappa shape index (κ1) is 20.0. The van der Waals surface area contributed by atoms with Crippen molar-refractivity contribution in [1.82, 2.24) is 14.3 Å². The fourth-order valence-corrected chi connectivity index (χ4v) is 2.97. The molecule has 144 valence electrons. The summed E-state index contributed by atoms with van der Waals surface area (Å²) in [5.74, 6) is -2.64. The molecular weight excluding hydrogens is 386 g/mol. The summed E-state index contributed by atoms with van der Waals surface area (Å²) in [5.41, 5.74) is 8.90. The summed E-state index contributed by atoms with van der Waals surface area (Å²) in [4.78, 5) is 17.7. The average molecular weight is 400 g/mol. The van der Waals surface area contributed by atoms with Crippen LogP contribution in [0.1, 0.15) is 0 Å². The van der Waals surface area contributed by atoms with Crippen LogP contribution in [0.2, 0.25) is 0 Å². The minimum Gasteiger partial charge on any atom is -0.381 e. The van der Waals surface area contributed by atoms with Gasteiger partial charge in [0.2, 0.25) is 6.35 Å². The molecule has 1 unspecified atom stereocenters. The number of nitrogen functional groups attached to an aromatic ring is 1. The van der Waals surface area contributed by atoms with E-state index in [1.54, 1.807) is 6.07 Å². The number of nitrogens with one attached hydrogen (secondary N) is 1. The van der Waals surface area contributed by atoms with Crippen molar-refractivity contribution in [3.63, 3.8) is 0 Å². The van der Waals surface area contributed by atoms with Gasteiger partial charge in [0.15, 0.2) is 23.3 Å². The van der Waals surface area contributed by atoms with Crippen LogP contribution in [0.4, 0.5) is 14.6 Å². The molecule has 0 radical (unpaired) electrons. The maximum absolute atomic E-state index is 13.2. The molecule has 10 nitrogen and oxygen atoms in total. The highest BCUT2D eigenvalue weighted by molar-refractivity contribution is 7.90. The first-order valence-corrected chi connectivity index (χ1v) is 8.55. The molecule has 1 aliphatic rings. The third-order valence-electron chi connectivity index (χ3n) is 3.05. The van der Waals surface area contributed by atoms with Crippen molar-refractivity contribution in [3.8, 4) is 0 Å². The molecule has 0 amide bonds. The zero-order valence-electron chi connectivity index (χ0n) is 13.5. The monoisotopic (exact) mass is 400 g/mol. The van der Waals surface area contributed by atoms with Gasteiger partial charge in [0.1, 0.15) is 0 Å². The van der Waals surface area contributed by atoms with Gasteiger partial charge in [0.05, 0.1) is 11.1 Å². The number of anilines is 1. The highest BCUT2D eigenvalue weighted by Crippen LogP contribution is 2.12. The molecule has 3 rings (SSSR count). The van der Waals surface area contributed by atoms with Crippen LogP contribution in [0.25, 0.3) is 0 Å². The maximum Gasteiger partial charge on any atom is 0.363 e. The van der Waals surface area contributed by atoms with Gasteiger partial charge in [-0.15, -0.1) is 0 Å². The number of aliphatic imine (C=N–C) groups is 1. The Kier molecular flexibility index (Phi) is 5.87. The minimum atomic E-state index is -4.16. The molecule has 0 aliphatic carbocycles. The molecule has 0 saturated heterocycles. The number of benzene rings is 1. The van der Waals surface area contributed by atoms with Crippen molar-refractivity contribution >= 4 is 21.7 Å². The second-order valence-corrected chi connectivity index (χ2v) is 6.73. The summed E-state index contributed by atoms with van der Waals surface area (Å²) in [6.45, 7) is 0. The molecule has 1 aromatic heterocycles.